The second-order valence-electron chi connectivity index (χ2n) is 6.46. The van der Waals surface area contributed by atoms with Gasteiger partial charge in [-0.05, 0) is 24.5 Å². The summed E-state index contributed by atoms with van der Waals surface area (Å²) >= 11 is 5.15. The lowest BCUT2D eigenvalue weighted by atomic mass is 10.0. The van der Waals surface area contributed by atoms with Gasteiger partial charge in [0.1, 0.15) is 10.7 Å². The number of aryl methyl sites for hydroxylation is 1. The van der Waals surface area contributed by atoms with Gasteiger partial charge < -0.3 is 4.98 Å². The molecule has 0 aromatic carbocycles. The molecule has 23 heavy (non-hydrogen) atoms. The summed E-state index contributed by atoms with van der Waals surface area (Å²) in [7, 11) is 0. The van der Waals surface area contributed by atoms with E-state index in [2.05, 4.69) is 18.0 Å². The normalized spacial score (nSPS) is 10.6. The van der Waals surface area contributed by atoms with Gasteiger partial charge in [-0.1, -0.05) is 89.8 Å². The summed E-state index contributed by atoms with van der Waals surface area (Å²) in [6.07, 6.45) is 19.1. The van der Waals surface area contributed by atoms with Gasteiger partial charge >= 0.3 is 0 Å². The number of unbranched alkanes of at least 4 members (excludes halogenated alkanes) is 11. The standard InChI is InChI=1S/C20H32N2S/c1-2-3-4-5-6-7-8-9-10-11-12-13-14-18-15-16-22-20(23)19(18)17-21/h15-16H,2-14H2,1H3,(H,22,23). The molecule has 0 bridgehead atoms. The second kappa shape index (κ2) is 13.3. The molecule has 1 N–H and O–H groups in total. The minimum Gasteiger partial charge on any atom is -0.352 e. The highest BCUT2D eigenvalue weighted by Crippen LogP contribution is 2.15. The molecule has 1 rings (SSSR count). The fraction of sp³-hybridized carbons (Fsp3) is 0.700. The highest BCUT2D eigenvalue weighted by atomic mass is 32.1. The Morgan fingerprint density at radius 2 is 1.43 bits per heavy atom. The SMILES string of the molecule is CCCCCCCCCCCCCCc1cc[nH]c(=S)c1C#N. The molecule has 1 aromatic heterocycles. The van der Waals surface area contributed by atoms with Gasteiger partial charge in [-0.3, -0.25) is 0 Å². The third-order valence-corrected chi connectivity index (χ3v) is 4.78. The molecular weight excluding hydrogens is 300 g/mol. The summed E-state index contributed by atoms with van der Waals surface area (Å²) in [6.45, 7) is 2.27. The average molecular weight is 333 g/mol. The molecule has 1 aromatic rings. The van der Waals surface area contributed by atoms with Crippen molar-refractivity contribution in [3.8, 4) is 6.07 Å². The first-order chi connectivity index (χ1) is 11.3. The first kappa shape index (κ1) is 19.9. The fourth-order valence-corrected chi connectivity index (χ4v) is 3.25. The number of hydrogen-bond donors (Lipinski definition) is 1. The maximum Gasteiger partial charge on any atom is 0.121 e. The number of nitrogens with zero attached hydrogens (tertiary/aromatic N) is 1. The van der Waals surface area contributed by atoms with Gasteiger partial charge in [-0.25, -0.2) is 0 Å². The number of hydrogen-bond acceptors (Lipinski definition) is 2. The zero-order valence-electron chi connectivity index (χ0n) is 14.7. The Hall–Kier alpha value is -1.14. The van der Waals surface area contributed by atoms with Crippen LogP contribution in [-0.4, -0.2) is 4.98 Å². The topological polar surface area (TPSA) is 39.6 Å². The summed E-state index contributed by atoms with van der Waals surface area (Å²) in [5, 5.41) is 9.15. The van der Waals surface area contributed by atoms with E-state index < -0.39 is 0 Å². The van der Waals surface area contributed by atoms with Crippen LogP contribution in [0.25, 0.3) is 0 Å². The fourth-order valence-electron chi connectivity index (χ4n) is 3.01. The first-order valence-electron chi connectivity index (χ1n) is 9.40. The minimum absolute atomic E-state index is 0.573. The second-order valence-corrected chi connectivity index (χ2v) is 6.87. The molecule has 0 radical (unpaired) electrons. The van der Waals surface area contributed by atoms with Gasteiger partial charge in [0.05, 0.1) is 5.56 Å². The Balaban J connectivity index is 1.99. The smallest absolute Gasteiger partial charge is 0.121 e. The van der Waals surface area contributed by atoms with Crippen LogP contribution in [0.5, 0.6) is 0 Å². The maximum absolute atomic E-state index is 9.15. The van der Waals surface area contributed by atoms with E-state index in [-0.39, 0.29) is 0 Å². The van der Waals surface area contributed by atoms with Crippen LogP contribution in [0.3, 0.4) is 0 Å². The van der Waals surface area contributed by atoms with Crippen molar-refractivity contribution in [1.82, 2.24) is 4.98 Å². The summed E-state index contributed by atoms with van der Waals surface area (Å²) in [6, 6.07) is 4.21. The minimum atomic E-state index is 0.573. The van der Waals surface area contributed by atoms with Crippen LogP contribution in [0.1, 0.15) is 95.1 Å². The van der Waals surface area contributed by atoms with E-state index in [1.165, 1.54) is 70.6 Å². The van der Waals surface area contributed by atoms with Crippen molar-refractivity contribution in [3.63, 3.8) is 0 Å². The molecule has 0 atom stereocenters. The first-order valence-corrected chi connectivity index (χ1v) is 9.81. The molecule has 0 fully saturated rings. The maximum atomic E-state index is 9.15. The summed E-state index contributed by atoms with van der Waals surface area (Å²) < 4.78 is 0.573. The predicted molar refractivity (Wildman–Crippen MR) is 101 cm³/mol. The molecule has 0 aliphatic rings. The highest BCUT2D eigenvalue weighted by Gasteiger charge is 2.03. The Kier molecular flexibility index (Phi) is 11.5. The third kappa shape index (κ3) is 8.91. The van der Waals surface area contributed by atoms with Crippen molar-refractivity contribution in [3.05, 3.63) is 28.0 Å². The molecule has 2 nitrogen and oxygen atoms in total. The lowest BCUT2D eigenvalue weighted by Crippen LogP contribution is -1.93. The molecule has 0 amide bonds. The van der Waals surface area contributed by atoms with Crippen molar-refractivity contribution in [2.75, 3.05) is 0 Å². The van der Waals surface area contributed by atoms with Crippen molar-refractivity contribution in [2.24, 2.45) is 0 Å². The van der Waals surface area contributed by atoms with E-state index in [9.17, 15) is 0 Å². The number of nitriles is 1. The highest BCUT2D eigenvalue weighted by molar-refractivity contribution is 7.71. The lowest BCUT2D eigenvalue weighted by Gasteiger charge is -2.05. The molecule has 0 saturated carbocycles. The van der Waals surface area contributed by atoms with Crippen LogP contribution in [0.4, 0.5) is 0 Å². The number of pyridine rings is 1. The van der Waals surface area contributed by atoms with E-state index in [0.29, 0.717) is 10.2 Å². The Labute approximate surface area is 147 Å². The summed E-state index contributed by atoms with van der Waals surface area (Å²) in [5.41, 5.74) is 1.76. The average Bonchev–Trinajstić information content (AvgIpc) is 2.56. The van der Waals surface area contributed by atoms with Gasteiger partial charge in [0.15, 0.2) is 0 Å². The van der Waals surface area contributed by atoms with E-state index in [0.717, 1.165) is 18.4 Å². The van der Waals surface area contributed by atoms with E-state index >= 15 is 0 Å². The van der Waals surface area contributed by atoms with Crippen molar-refractivity contribution in [1.29, 1.82) is 5.26 Å². The van der Waals surface area contributed by atoms with Crippen LogP contribution in [0, 0.1) is 16.0 Å². The zero-order valence-corrected chi connectivity index (χ0v) is 15.5. The van der Waals surface area contributed by atoms with Gasteiger partial charge in [-0.15, -0.1) is 0 Å². The largest absolute Gasteiger partial charge is 0.352 e. The third-order valence-electron chi connectivity index (χ3n) is 4.46. The predicted octanol–water partition coefficient (Wildman–Crippen LogP) is 6.86. The number of rotatable bonds is 13. The Bertz CT molecular complexity index is 513. The monoisotopic (exact) mass is 332 g/mol. The molecule has 0 aliphatic heterocycles. The summed E-state index contributed by atoms with van der Waals surface area (Å²) in [4.78, 5) is 2.93. The lowest BCUT2D eigenvalue weighted by molar-refractivity contribution is 0.544. The zero-order chi connectivity index (χ0) is 16.8. The molecule has 0 spiro atoms. The van der Waals surface area contributed by atoms with Crippen LogP contribution >= 0.6 is 12.2 Å². The van der Waals surface area contributed by atoms with E-state index in [1.807, 2.05) is 12.3 Å². The van der Waals surface area contributed by atoms with Gasteiger partial charge in [-0.2, -0.15) is 5.26 Å². The van der Waals surface area contributed by atoms with Crippen molar-refractivity contribution in [2.45, 2.75) is 90.4 Å². The molecule has 0 aliphatic carbocycles. The summed E-state index contributed by atoms with van der Waals surface area (Å²) in [5.74, 6) is 0. The van der Waals surface area contributed by atoms with Gasteiger partial charge in [0.25, 0.3) is 0 Å². The van der Waals surface area contributed by atoms with Crippen LogP contribution in [0.15, 0.2) is 12.3 Å². The van der Waals surface area contributed by atoms with Gasteiger partial charge in [0, 0.05) is 6.20 Å². The molecule has 1 heterocycles. The van der Waals surface area contributed by atoms with E-state index in [1.54, 1.807) is 0 Å². The van der Waals surface area contributed by atoms with E-state index in [4.69, 9.17) is 17.5 Å². The number of nitrogens with one attached hydrogen (secondary N) is 1. The molecule has 0 unspecified atom stereocenters. The van der Waals surface area contributed by atoms with Crippen LogP contribution in [-0.2, 0) is 6.42 Å². The van der Waals surface area contributed by atoms with Crippen LogP contribution in [0.2, 0.25) is 0 Å². The number of aromatic amines is 1. The molecule has 128 valence electrons. The van der Waals surface area contributed by atoms with Gasteiger partial charge in [0.2, 0.25) is 0 Å². The van der Waals surface area contributed by atoms with Crippen LogP contribution < -0.4 is 0 Å². The number of aromatic nitrogens is 1. The molecule has 0 saturated heterocycles. The van der Waals surface area contributed by atoms with Crippen molar-refractivity contribution < 1.29 is 0 Å². The Morgan fingerprint density at radius 3 is 1.96 bits per heavy atom. The molecular formula is C20H32N2S. The molecule has 3 heteroatoms. The number of H-pyrrole nitrogens is 1. The van der Waals surface area contributed by atoms with Crippen molar-refractivity contribution >= 4 is 12.2 Å². The Morgan fingerprint density at radius 1 is 0.913 bits per heavy atom. The quantitative estimate of drug-likeness (QED) is 0.316.